The Morgan fingerprint density at radius 1 is 0.267 bits per heavy atom. The molecule has 8 aromatic carbocycles. The van der Waals surface area contributed by atoms with Crippen molar-refractivity contribution in [2.45, 2.75) is 0 Å². The molecule has 0 radical (unpaired) electrons. The molecule has 0 saturated carbocycles. The summed E-state index contributed by atoms with van der Waals surface area (Å²) in [5, 5.41) is 19.1. The molecule has 0 N–H and O–H groups in total. The third kappa shape index (κ3) is 1.62. The van der Waals surface area contributed by atoms with Gasteiger partial charge in [0, 0.05) is 0 Å². The van der Waals surface area contributed by atoms with Crippen molar-refractivity contribution in [2.75, 3.05) is 0 Å². The average molecular weight is 376 g/mol. The smallest absolute Gasteiger partial charge is 0.000763 e. The minimum atomic E-state index is 1.30. The third-order valence-electron chi connectivity index (χ3n) is 7.08. The van der Waals surface area contributed by atoms with Crippen LogP contribution in [0.15, 0.2) is 97.1 Å². The van der Waals surface area contributed by atoms with Gasteiger partial charge in [-0.1, -0.05) is 84.9 Å². The Morgan fingerprint density at radius 2 is 0.933 bits per heavy atom. The van der Waals surface area contributed by atoms with E-state index in [4.69, 9.17) is 0 Å². The fourth-order valence-corrected chi connectivity index (χ4v) is 5.90. The molecule has 0 bridgehead atoms. The fourth-order valence-electron chi connectivity index (χ4n) is 5.90. The van der Waals surface area contributed by atoms with Crippen LogP contribution in [0.5, 0.6) is 0 Å². The summed E-state index contributed by atoms with van der Waals surface area (Å²) in [5.41, 5.74) is 0. The predicted octanol–water partition coefficient (Wildman–Crippen LogP) is 8.63. The molecule has 0 aliphatic carbocycles. The molecule has 0 fully saturated rings. The molecule has 8 aromatic rings. The van der Waals surface area contributed by atoms with Gasteiger partial charge < -0.3 is 0 Å². The van der Waals surface area contributed by atoms with E-state index in [0.29, 0.717) is 0 Å². The summed E-state index contributed by atoms with van der Waals surface area (Å²) >= 11 is 0. The molecular weight excluding hydrogens is 360 g/mol. The van der Waals surface area contributed by atoms with Crippen molar-refractivity contribution < 1.29 is 0 Å². The van der Waals surface area contributed by atoms with E-state index in [9.17, 15) is 0 Å². The van der Waals surface area contributed by atoms with Crippen LogP contribution in [0.4, 0.5) is 0 Å². The van der Waals surface area contributed by atoms with Gasteiger partial charge >= 0.3 is 0 Å². The Balaban J connectivity index is 1.85. The van der Waals surface area contributed by atoms with Gasteiger partial charge in [-0.15, -0.1) is 0 Å². The van der Waals surface area contributed by atoms with Crippen LogP contribution in [0, 0.1) is 0 Å². The molecule has 0 atom stereocenters. The van der Waals surface area contributed by atoms with Crippen LogP contribution in [0.3, 0.4) is 0 Å². The zero-order valence-corrected chi connectivity index (χ0v) is 16.2. The fraction of sp³-hybridized carbons (Fsp3) is 0. The van der Waals surface area contributed by atoms with Crippen molar-refractivity contribution in [3.05, 3.63) is 97.1 Å². The average Bonchev–Trinajstić information content (AvgIpc) is 2.80. The lowest BCUT2D eigenvalue weighted by Gasteiger charge is -2.20. The van der Waals surface area contributed by atoms with Gasteiger partial charge in [-0.05, 0) is 87.5 Å². The first-order chi connectivity index (χ1) is 14.9. The molecule has 0 saturated heterocycles. The van der Waals surface area contributed by atoms with Crippen molar-refractivity contribution in [3.63, 3.8) is 0 Å². The Labute approximate surface area is 172 Å². The van der Waals surface area contributed by atoms with E-state index >= 15 is 0 Å². The van der Waals surface area contributed by atoms with Crippen LogP contribution in [0.1, 0.15) is 0 Å². The summed E-state index contributed by atoms with van der Waals surface area (Å²) in [6.45, 7) is 0. The molecule has 0 amide bonds. The zero-order valence-electron chi connectivity index (χ0n) is 16.2. The Hall–Kier alpha value is -3.90. The van der Waals surface area contributed by atoms with E-state index in [1.807, 2.05) is 0 Å². The first kappa shape index (κ1) is 15.0. The maximum Gasteiger partial charge on any atom is -0.000763 e. The largest absolute Gasteiger partial charge is 0.0616 e. The molecule has 0 aromatic heterocycles. The summed E-state index contributed by atoms with van der Waals surface area (Å²) in [4.78, 5) is 0. The lowest BCUT2D eigenvalue weighted by molar-refractivity contribution is 1.79. The lowest BCUT2D eigenvalue weighted by Crippen LogP contribution is -1.91. The SMILES string of the molecule is c1ccc2c(c1)ccc1c3cc4cccc5ccc6cc7cccc(c21)c7c3c6c54. The summed E-state index contributed by atoms with van der Waals surface area (Å²) in [6.07, 6.45) is 0. The van der Waals surface area contributed by atoms with Crippen LogP contribution >= 0.6 is 0 Å². The van der Waals surface area contributed by atoms with E-state index in [0.717, 1.165) is 0 Å². The highest BCUT2D eigenvalue weighted by molar-refractivity contribution is 6.43. The van der Waals surface area contributed by atoms with Crippen molar-refractivity contribution in [2.24, 2.45) is 0 Å². The normalized spacial score (nSPS) is 12.7. The van der Waals surface area contributed by atoms with E-state index in [1.165, 1.54) is 75.4 Å². The van der Waals surface area contributed by atoms with Gasteiger partial charge in [0.15, 0.2) is 0 Å². The third-order valence-corrected chi connectivity index (χ3v) is 7.08. The monoisotopic (exact) mass is 376 g/mol. The first-order valence-corrected chi connectivity index (χ1v) is 10.5. The summed E-state index contributed by atoms with van der Waals surface area (Å²) in [7, 11) is 0. The van der Waals surface area contributed by atoms with Gasteiger partial charge in [0.05, 0.1) is 0 Å². The van der Waals surface area contributed by atoms with E-state index in [1.54, 1.807) is 0 Å². The molecular formula is C30H16. The van der Waals surface area contributed by atoms with Gasteiger partial charge in [-0.25, -0.2) is 0 Å². The maximum absolute atomic E-state index is 2.42. The molecule has 0 aliphatic heterocycles. The molecule has 136 valence electrons. The molecule has 0 spiro atoms. The van der Waals surface area contributed by atoms with Crippen molar-refractivity contribution in [1.82, 2.24) is 0 Å². The highest BCUT2D eigenvalue weighted by Crippen LogP contribution is 2.47. The zero-order chi connectivity index (χ0) is 19.4. The van der Waals surface area contributed by atoms with Crippen LogP contribution < -0.4 is 0 Å². The van der Waals surface area contributed by atoms with Gasteiger partial charge in [-0.2, -0.15) is 0 Å². The Bertz CT molecular complexity index is 1940. The molecule has 0 unspecified atom stereocenters. The number of hydrogen-bond acceptors (Lipinski definition) is 0. The van der Waals surface area contributed by atoms with Gasteiger partial charge in [0.1, 0.15) is 0 Å². The summed E-state index contributed by atoms with van der Waals surface area (Å²) in [5.74, 6) is 0. The lowest BCUT2D eigenvalue weighted by atomic mass is 9.83. The Morgan fingerprint density at radius 3 is 1.90 bits per heavy atom. The highest BCUT2D eigenvalue weighted by atomic mass is 14.2. The predicted molar refractivity (Wildman–Crippen MR) is 131 cm³/mol. The number of rotatable bonds is 0. The first-order valence-electron chi connectivity index (χ1n) is 10.5. The van der Waals surface area contributed by atoms with Crippen molar-refractivity contribution in [3.8, 4) is 0 Å². The number of benzene rings is 8. The molecule has 0 nitrogen and oxygen atoms in total. The molecule has 0 heteroatoms. The summed E-state index contributed by atoms with van der Waals surface area (Å²) in [6, 6.07) is 36.3. The molecule has 8 rings (SSSR count). The standard InChI is InChI=1S/C30H16/c1-2-9-22-17(5-1)13-14-23-25-16-20-7-3-6-18-11-12-21-15-19-8-4-10-24(29(22)23)27(19)30(25)28(21)26(18)20/h1-16H. The molecule has 0 heterocycles. The molecule has 30 heavy (non-hydrogen) atoms. The Kier molecular flexibility index (Phi) is 2.49. The van der Waals surface area contributed by atoms with Gasteiger partial charge in [0.25, 0.3) is 0 Å². The maximum atomic E-state index is 2.42. The van der Waals surface area contributed by atoms with Crippen LogP contribution in [-0.4, -0.2) is 0 Å². The van der Waals surface area contributed by atoms with Crippen LogP contribution in [0.2, 0.25) is 0 Å². The van der Waals surface area contributed by atoms with Crippen molar-refractivity contribution in [1.29, 1.82) is 0 Å². The number of hydrogen-bond donors (Lipinski definition) is 0. The van der Waals surface area contributed by atoms with E-state index < -0.39 is 0 Å². The van der Waals surface area contributed by atoms with Crippen LogP contribution in [-0.2, 0) is 0 Å². The summed E-state index contributed by atoms with van der Waals surface area (Å²) < 4.78 is 0. The number of fused-ring (bicyclic) bond motifs is 5. The highest BCUT2D eigenvalue weighted by Gasteiger charge is 2.19. The second kappa shape index (κ2) is 4.98. The van der Waals surface area contributed by atoms with E-state index in [-0.39, 0.29) is 0 Å². The topological polar surface area (TPSA) is 0 Å². The van der Waals surface area contributed by atoms with Crippen LogP contribution in [0.25, 0.3) is 75.4 Å². The second-order valence-electron chi connectivity index (χ2n) is 8.53. The minimum Gasteiger partial charge on any atom is -0.0616 e. The van der Waals surface area contributed by atoms with E-state index in [2.05, 4.69) is 97.1 Å². The quantitative estimate of drug-likeness (QED) is 0.183. The van der Waals surface area contributed by atoms with Gasteiger partial charge in [0.2, 0.25) is 0 Å². The minimum absolute atomic E-state index is 1.30. The van der Waals surface area contributed by atoms with Crippen molar-refractivity contribution >= 4 is 75.4 Å². The van der Waals surface area contributed by atoms with Gasteiger partial charge in [-0.3, -0.25) is 0 Å². The molecule has 0 aliphatic rings. The second-order valence-corrected chi connectivity index (χ2v) is 8.53.